The van der Waals surface area contributed by atoms with Crippen molar-refractivity contribution in [2.24, 2.45) is 0 Å². The number of ether oxygens (including phenoxy) is 2. The van der Waals surface area contributed by atoms with Crippen molar-refractivity contribution in [3.05, 3.63) is 63.9 Å². The van der Waals surface area contributed by atoms with Gasteiger partial charge in [0.1, 0.15) is 24.3 Å². The summed E-state index contributed by atoms with van der Waals surface area (Å²) in [7, 11) is 0. The Bertz CT molecular complexity index is 771. The standard InChI is InChI=1S/C21H24Cl2FNO3/c22-16-6-7-21(20(23)10-16)28-14-18(26)12-25(13-19-5-2-8-27-19)11-15-3-1-4-17(24)9-15/h1,3-4,6-7,9-10,18-19,26H,2,5,8,11-14H2. The number of rotatable bonds is 9. The van der Waals surface area contributed by atoms with Gasteiger partial charge in [-0.25, -0.2) is 4.39 Å². The fourth-order valence-corrected chi connectivity index (χ4v) is 3.77. The van der Waals surface area contributed by atoms with Crippen LogP contribution in [0.2, 0.25) is 10.0 Å². The van der Waals surface area contributed by atoms with Crippen molar-refractivity contribution in [1.29, 1.82) is 0 Å². The third-order valence-electron chi connectivity index (χ3n) is 4.58. The first kappa shape index (κ1) is 21.3. The molecule has 1 aliphatic rings. The van der Waals surface area contributed by atoms with E-state index in [1.165, 1.54) is 12.1 Å². The van der Waals surface area contributed by atoms with Crippen molar-refractivity contribution in [3.63, 3.8) is 0 Å². The van der Waals surface area contributed by atoms with Crippen LogP contribution in [0.25, 0.3) is 0 Å². The van der Waals surface area contributed by atoms with Crippen LogP contribution in [0.4, 0.5) is 4.39 Å². The maximum Gasteiger partial charge on any atom is 0.138 e. The highest BCUT2D eigenvalue weighted by molar-refractivity contribution is 6.35. The lowest BCUT2D eigenvalue weighted by atomic mass is 10.1. The topological polar surface area (TPSA) is 41.9 Å². The average Bonchev–Trinajstić information content (AvgIpc) is 3.14. The normalized spacial score (nSPS) is 17.8. The Hall–Kier alpha value is -1.37. The first-order chi connectivity index (χ1) is 13.5. The van der Waals surface area contributed by atoms with E-state index in [9.17, 15) is 9.50 Å². The van der Waals surface area contributed by atoms with Crippen molar-refractivity contribution in [1.82, 2.24) is 4.90 Å². The Kier molecular flexibility index (Phi) is 7.94. The van der Waals surface area contributed by atoms with Gasteiger partial charge in [-0.15, -0.1) is 0 Å². The highest BCUT2D eigenvalue weighted by atomic mass is 35.5. The van der Waals surface area contributed by atoms with Gasteiger partial charge in [-0.05, 0) is 48.7 Å². The molecule has 7 heteroatoms. The molecule has 0 bridgehead atoms. The molecule has 4 nitrogen and oxygen atoms in total. The summed E-state index contributed by atoms with van der Waals surface area (Å²) in [5, 5.41) is 11.4. The fraction of sp³-hybridized carbons (Fsp3) is 0.429. The van der Waals surface area contributed by atoms with Crippen LogP contribution in [0.1, 0.15) is 18.4 Å². The van der Waals surface area contributed by atoms with Crippen LogP contribution in [0.3, 0.4) is 0 Å². The summed E-state index contributed by atoms with van der Waals surface area (Å²) in [5.41, 5.74) is 0.854. The predicted molar refractivity (Wildman–Crippen MR) is 109 cm³/mol. The van der Waals surface area contributed by atoms with Crippen LogP contribution in [0.15, 0.2) is 42.5 Å². The maximum absolute atomic E-state index is 13.5. The SMILES string of the molecule is OC(COc1ccc(Cl)cc1Cl)CN(Cc1cccc(F)c1)CC1CCCO1. The summed E-state index contributed by atoms with van der Waals surface area (Å²) in [6, 6.07) is 11.5. The summed E-state index contributed by atoms with van der Waals surface area (Å²) in [4.78, 5) is 2.07. The number of halogens is 3. The summed E-state index contributed by atoms with van der Waals surface area (Å²) in [5.74, 6) is 0.205. The molecule has 1 saturated heterocycles. The molecule has 0 spiro atoms. The van der Waals surface area contributed by atoms with Crippen LogP contribution < -0.4 is 4.74 Å². The highest BCUT2D eigenvalue weighted by Gasteiger charge is 2.22. The van der Waals surface area contributed by atoms with Gasteiger partial charge in [0.25, 0.3) is 0 Å². The third-order valence-corrected chi connectivity index (χ3v) is 5.11. The zero-order chi connectivity index (χ0) is 19.9. The second-order valence-corrected chi connectivity index (χ2v) is 7.84. The molecule has 1 fully saturated rings. The summed E-state index contributed by atoms with van der Waals surface area (Å²) in [6.07, 6.45) is 1.43. The van der Waals surface area contributed by atoms with Gasteiger partial charge in [-0.1, -0.05) is 35.3 Å². The van der Waals surface area contributed by atoms with Crippen molar-refractivity contribution in [2.75, 3.05) is 26.3 Å². The molecule has 2 aromatic carbocycles. The molecule has 152 valence electrons. The van der Waals surface area contributed by atoms with Crippen molar-refractivity contribution in [3.8, 4) is 5.75 Å². The molecular weight excluding hydrogens is 404 g/mol. The minimum Gasteiger partial charge on any atom is -0.489 e. The molecule has 3 rings (SSSR count). The summed E-state index contributed by atoms with van der Waals surface area (Å²) < 4.78 is 24.9. The largest absolute Gasteiger partial charge is 0.489 e. The molecule has 1 N–H and O–H groups in total. The zero-order valence-corrected chi connectivity index (χ0v) is 17.0. The monoisotopic (exact) mass is 427 g/mol. The summed E-state index contributed by atoms with van der Waals surface area (Å²) in [6.45, 7) is 2.43. The van der Waals surface area contributed by atoms with E-state index < -0.39 is 6.10 Å². The van der Waals surface area contributed by atoms with E-state index in [-0.39, 0.29) is 18.5 Å². The van der Waals surface area contributed by atoms with Crippen LogP contribution in [0, 0.1) is 5.82 Å². The third kappa shape index (κ3) is 6.61. The van der Waals surface area contributed by atoms with E-state index in [2.05, 4.69) is 4.90 Å². The lowest BCUT2D eigenvalue weighted by molar-refractivity contribution is 0.0313. The van der Waals surface area contributed by atoms with Gasteiger partial charge in [-0.2, -0.15) is 0 Å². The van der Waals surface area contributed by atoms with Gasteiger partial charge < -0.3 is 14.6 Å². The molecule has 0 amide bonds. The smallest absolute Gasteiger partial charge is 0.138 e. The number of nitrogens with zero attached hydrogens (tertiary/aromatic N) is 1. The molecule has 2 unspecified atom stereocenters. The number of aliphatic hydroxyl groups is 1. The van der Waals surface area contributed by atoms with Crippen LogP contribution in [0.5, 0.6) is 5.75 Å². The molecule has 28 heavy (non-hydrogen) atoms. The quantitative estimate of drug-likeness (QED) is 0.636. The molecular formula is C21H24Cl2FNO3. The Labute approximate surface area is 174 Å². The molecule has 2 atom stereocenters. The van der Waals surface area contributed by atoms with Gasteiger partial charge in [0.05, 0.1) is 11.1 Å². The minimum atomic E-state index is -0.735. The molecule has 1 heterocycles. The van der Waals surface area contributed by atoms with E-state index in [1.807, 2.05) is 6.07 Å². The first-order valence-corrected chi connectivity index (χ1v) is 10.1. The van der Waals surface area contributed by atoms with Gasteiger partial charge >= 0.3 is 0 Å². The lowest BCUT2D eigenvalue weighted by Gasteiger charge is -2.27. The van der Waals surface area contributed by atoms with Crippen LogP contribution in [-0.4, -0.2) is 48.5 Å². The van der Waals surface area contributed by atoms with Crippen LogP contribution >= 0.6 is 23.2 Å². The molecule has 0 aromatic heterocycles. The van der Waals surface area contributed by atoms with Crippen molar-refractivity contribution in [2.45, 2.75) is 31.6 Å². The average molecular weight is 428 g/mol. The number of benzene rings is 2. The number of hydrogen-bond donors (Lipinski definition) is 1. The highest BCUT2D eigenvalue weighted by Crippen LogP contribution is 2.27. The van der Waals surface area contributed by atoms with E-state index in [0.717, 1.165) is 25.0 Å². The lowest BCUT2D eigenvalue weighted by Crippen LogP contribution is -2.39. The molecule has 0 radical (unpaired) electrons. The van der Waals surface area contributed by atoms with E-state index >= 15 is 0 Å². The molecule has 0 saturated carbocycles. The first-order valence-electron chi connectivity index (χ1n) is 9.34. The van der Waals surface area contributed by atoms with E-state index in [4.69, 9.17) is 32.7 Å². The van der Waals surface area contributed by atoms with E-state index in [0.29, 0.717) is 35.4 Å². The van der Waals surface area contributed by atoms with Gasteiger partial charge in [-0.3, -0.25) is 4.90 Å². The molecule has 2 aromatic rings. The molecule has 0 aliphatic carbocycles. The zero-order valence-electron chi connectivity index (χ0n) is 15.5. The van der Waals surface area contributed by atoms with Crippen molar-refractivity contribution >= 4 is 23.2 Å². The fourth-order valence-electron chi connectivity index (χ4n) is 3.30. The second kappa shape index (κ2) is 10.4. The second-order valence-electron chi connectivity index (χ2n) is 7.00. The molecule has 1 aliphatic heterocycles. The van der Waals surface area contributed by atoms with Gasteiger partial charge in [0.2, 0.25) is 0 Å². The van der Waals surface area contributed by atoms with Gasteiger partial charge in [0, 0.05) is 31.3 Å². The summed E-state index contributed by atoms with van der Waals surface area (Å²) >= 11 is 12.0. The number of hydrogen-bond acceptors (Lipinski definition) is 4. The Morgan fingerprint density at radius 3 is 2.82 bits per heavy atom. The van der Waals surface area contributed by atoms with Gasteiger partial charge in [0.15, 0.2) is 0 Å². The van der Waals surface area contributed by atoms with E-state index in [1.54, 1.807) is 24.3 Å². The Morgan fingerprint density at radius 2 is 2.11 bits per heavy atom. The Morgan fingerprint density at radius 1 is 1.25 bits per heavy atom. The minimum absolute atomic E-state index is 0.0898. The maximum atomic E-state index is 13.5. The van der Waals surface area contributed by atoms with Crippen LogP contribution in [-0.2, 0) is 11.3 Å². The Balaban J connectivity index is 1.58. The van der Waals surface area contributed by atoms with Crippen molar-refractivity contribution < 1.29 is 19.0 Å². The predicted octanol–water partition coefficient (Wildman–Crippen LogP) is 4.55. The number of aliphatic hydroxyl groups excluding tert-OH is 1.